The molecule has 3 nitrogen and oxygen atoms in total. The van der Waals surface area contributed by atoms with Gasteiger partial charge < -0.3 is 10.1 Å². The summed E-state index contributed by atoms with van der Waals surface area (Å²) in [6.07, 6.45) is 1.02. The Hall–Kier alpha value is -1.75. The maximum atomic E-state index is 13.2. The van der Waals surface area contributed by atoms with Gasteiger partial charge in [0, 0.05) is 19.6 Å². The molecule has 1 saturated heterocycles. The maximum Gasteiger partial charge on any atom is 0.123 e. The summed E-state index contributed by atoms with van der Waals surface area (Å²) in [5, 5.41) is 3.42. The zero-order chi connectivity index (χ0) is 16.6. The smallest absolute Gasteiger partial charge is 0.123 e. The van der Waals surface area contributed by atoms with Gasteiger partial charge in [0.15, 0.2) is 0 Å². The highest BCUT2D eigenvalue weighted by atomic mass is 19.1. The van der Waals surface area contributed by atoms with Crippen molar-refractivity contribution in [2.45, 2.75) is 12.5 Å². The summed E-state index contributed by atoms with van der Waals surface area (Å²) >= 11 is 0. The van der Waals surface area contributed by atoms with Crippen molar-refractivity contribution in [1.29, 1.82) is 0 Å². The van der Waals surface area contributed by atoms with Gasteiger partial charge in [-0.2, -0.15) is 0 Å². The molecule has 0 aromatic heterocycles. The van der Waals surface area contributed by atoms with Gasteiger partial charge in [-0.25, -0.2) is 4.39 Å². The zero-order valence-electron chi connectivity index (χ0n) is 14.0. The Balaban J connectivity index is 1.65. The molecule has 0 aliphatic carbocycles. The van der Waals surface area contributed by atoms with Crippen molar-refractivity contribution in [2.75, 3.05) is 39.3 Å². The van der Waals surface area contributed by atoms with E-state index in [0.29, 0.717) is 6.61 Å². The Bertz CT molecular complexity index is 595. The number of hydrogen-bond donors (Lipinski definition) is 1. The first kappa shape index (κ1) is 17.1. The van der Waals surface area contributed by atoms with Crippen LogP contribution in [0.5, 0.6) is 0 Å². The molecule has 1 aliphatic heterocycles. The van der Waals surface area contributed by atoms with Gasteiger partial charge in [-0.05, 0) is 42.8 Å². The van der Waals surface area contributed by atoms with Gasteiger partial charge in [0.2, 0.25) is 0 Å². The maximum absolute atomic E-state index is 13.2. The lowest BCUT2D eigenvalue weighted by Crippen LogP contribution is -2.31. The fourth-order valence-corrected chi connectivity index (χ4v) is 3.08. The number of hydrogen-bond acceptors (Lipinski definition) is 3. The van der Waals surface area contributed by atoms with Crippen LogP contribution in [0.3, 0.4) is 0 Å². The van der Waals surface area contributed by atoms with E-state index in [2.05, 4.69) is 22.3 Å². The van der Waals surface area contributed by atoms with E-state index >= 15 is 0 Å². The zero-order valence-corrected chi connectivity index (χ0v) is 14.0. The lowest BCUT2D eigenvalue weighted by Gasteiger charge is -2.23. The van der Waals surface area contributed by atoms with Gasteiger partial charge in [-0.3, -0.25) is 4.90 Å². The van der Waals surface area contributed by atoms with E-state index < -0.39 is 0 Å². The SMILES string of the molecule is Fc1ccc(C(OCCN2CCCNCC2)c2ccccc2)cc1. The molecule has 3 rings (SSSR count). The molecule has 1 unspecified atom stereocenters. The molecule has 4 heteroatoms. The van der Waals surface area contributed by atoms with Crippen LogP contribution in [-0.2, 0) is 4.74 Å². The quantitative estimate of drug-likeness (QED) is 0.881. The molecular weight excluding hydrogens is 303 g/mol. The molecule has 1 heterocycles. The largest absolute Gasteiger partial charge is 0.367 e. The lowest BCUT2D eigenvalue weighted by molar-refractivity contribution is 0.0611. The van der Waals surface area contributed by atoms with Gasteiger partial charge in [-0.1, -0.05) is 42.5 Å². The minimum atomic E-state index is -0.220. The van der Waals surface area contributed by atoms with Crippen molar-refractivity contribution in [1.82, 2.24) is 10.2 Å². The van der Waals surface area contributed by atoms with Crippen LogP contribution in [0.1, 0.15) is 23.7 Å². The summed E-state index contributed by atoms with van der Waals surface area (Å²) in [4.78, 5) is 2.44. The van der Waals surface area contributed by atoms with E-state index in [-0.39, 0.29) is 11.9 Å². The second-order valence-corrected chi connectivity index (χ2v) is 6.16. The van der Waals surface area contributed by atoms with E-state index in [1.165, 1.54) is 18.6 Å². The van der Waals surface area contributed by atoms with Crippen molar-refractivity contribution in [3.8, 4) is 0 Å². The van der Waals surface area contributed by atoms with E-state index in [1.807, 2.05) is 30.3 Å². The van der Waals surface area contributed by atoms with Crippen LogP contribution in [0.15, 0.2) is 54.6 Å². The normalized spacial score (nSPS) is 17.4. The van der Waals surface area contributed by atoms with Crippen LogP contribution >= 0.6 is 0 Å². The Labute approximate surface area is 143 Å². The Kier molecular flexibility index (Phi) is 6.35. The average Bonchev–Trinajstić information content (AvgIpc) is 2.89. The Morgan fingerprint density at radius 1 is 0.958 bits per heavy atom. The number of halogens is 1. The standard InChI is InChI=1S/C20H25FN2O/c21-19-9-7-18(8-10-19)20(17-5-2-1-3-6-17)24-16-15-23-13-4-11-22-12-14-23/h1-3,5-10,20,22H,4,11-16H2. The minimum absolute atomic E-state index is 0.156. The number of ether oxygens (including phenoxy) is 1. The lowest BCUT2D eigenvalue weighted by atomic mass is 10.0. The molecule has 2 aromatic carbocycles. The average molecular weight is 328 g/mol. The Morgan fingerprint density at radius 3 is 2.50 bits per heavy atom. The molecule has 24 heavy (non-hydrogen) atoms. The van der Waals surface area contributed by atoms with E-state index in [4.69, 9.17) is 4.74 Å². The van der Waals surface area contributed by atoms with Crippen molar-refractivity contribution < 1.29 is 9.13 Å². The minimum Gasteiger partial charge on any atom is -0.367 e. The molecule has 1 N–H and O–H groups in total. The summed E-state index contributed by atoms with van der Waals surface area (Å²) in [5.74, 6) is -0.220. The van der Waals surface area contributed by atoms with Crippen LogP contribution in [0, 0.1) is 5.82 Å². The second-order valence-electron chi connectivity index (χ2n) is 6.16. The number of nitrogens with zero attached hydrogens (tertiary/aromatic N) is 1. The molecule has 1 fully saturated rings. The monoisotopic (exact) mass is 328 g/mol. The predicted molar refractivity (Wildman–Crippen MR) is 94.6 cm³/mol. The van der Waals surface area contributed by atoms with Crippen LogP contribution in [0.2, 0.25) is 0 Å². The summed E-state index contributed by atoms with van der Waals surface area (Å²) in [7, 11) is 0. The van der Waals surface area contributed by atoms with E-state index in [9.17, 15) is 4.39 Å². The van der Waals surface area contributed by atoms with Gasteiger partial charge in [0.05, 0.1) is 6.61 Å². The molecule has 0 radical (unpaired) electrons. The fourth-order valence-electron chi connectivity index (χ4n) is 3.08. The van der Waals surface area contributed by atoms with Crippen molar-refractivity contribution in [2.24, 2.45) is 0 Å². The van der Waals surface area contributed by atoms with Crippen LogP contribution < -0.4 is 5.32 Å². The number of nitrogens with one attached hydrogen (secondary N) is 1. The first-order valence-corrected chi connectivity index (χ1v) is 8.68. The molecule has 1 aliphatic rings. The summed E-state index contributed by atoms with van der Waals surface area (Å²) in [5.41, 5.74) is 2.08. The third-order valence-electron chi connectivity index (χ3n) is 4.40. The first-order valence-electron chi connectivity index (χ1n) is 8.68. The highest BCUT2D eigenvalue weighted by molar-refractivity contribution is 5.30. The second kappa shape index (κ2) is 8.92. The number of rotatable bonds is 6. The van der Waals surface area contributed by atoms with Crippen LogP contribution in [0.4, 0.5) is 4.39 Å². The highest BCUT2D eigenvalue weighted by Gasteiger charge is 2.16. The molecule has 0 spiro atoms. The fraction of sp³-hybridized carbons (Fsp3) is 0.400. The van der Waals surface area contributed by atoms with Crippen molar-refractivity contribution in [3.63, 3.8) is 0 Å². The number of benzene rings is 2. The van der Waals surface area contributed by atoms with Gasteiger partial charge in [0.1, 0.15) is 11.9 Å². The van der Waals surface area contributed by atoms with E-state index in [0.717, 1.165) is 43.9 Å². The van der Waals surface area contributed by atoms with Gasteiger partial charge >= 0.3 is 0 Å². The Morgan fingerprint density at radius 2 is 1.71 bits per heavy atom. The van der Waals surface area contributed by atoms with E-state index in [1.54, 1.807) is 0 Å². The predicted octanol–water partition coefficient (Wildman–Crippen LogP) is 3.23. The van der Waals surface area contributed by atoms with Gasteiger partial charge in [-0.15, -0.1) is 0 Å². The third-order valence-corrected chi connectivity index (χ3v) is 4.40. The topological polar surface area (TPSA) is 24.5 Å². The summed E-state index contributed by atoms with van der Waals surface area (Å²) < 4.78 is 19.4. The summed E-state index contributed by atoms with van der Waals surface area (Å²) in [6.45, 7) is 5.90. The molecule has 1 atom stereocenters. The van der Waals surface area contributed by atoms with Crippen molar-refractivity contribution >= 4 is 0 Å². The first-order chi connectivity index (χ1) is 11.8. The molecule has 0 saturated carbocycles. The molecular formula is C20H25FN2O. The van der Waals surface area contributed by atoms with Crippen LogP contribution in [-0.4, -0.2) is 44.2 Å². The third kappa shape index (κ3) is 4.87. The van der Waals surface area contributed by atoms with Gasteiger partial charge in [0.25, 0.3) is 0 Å². The van der Waals surface area contributed by atoms with Crippen molar-refractivity contribution in [3.05, 3.63) is 71.5 Å². The summed E-state index contributed by atoms with van der Waals surface area (Å²) in [6, 6.07) is 16.7. The van der Waals surface area contributed by atoms with Crippen LogP contribution in [0.25, 0.3) is 0 Å². The molecule has 0 bridgehead atoms. The molecule has 2 aromatic rings. The highest BCUT2D eigenvalue weighted by Crippen LogP contribution is 2.26. The molecule has 128 valence electrons. The molecule has 0 amide bonds.